The van der Waals surface area contributed by atoms with Crippen LogP contribution in [-0.4, -0.2) is 15.0 Å². The van der Waals surface area contributed by atoms with Crippen LogP contribution in [-0.2, 0) is 12.8 Å². The lowest BCUT2D eigenvalue weighted by atomic mass is 10.1. The van der Waals surface area contributed by atoms with E-state index in [1.807, 2.05) is 13.0 Å². The Balaban J connectivity index is 2.22. The van der Waals surface area contributed by atoms with E-state index < -0.39 is 0 Å². The minimum atomic E-state index is 0.605. The first kappa shape index (κ1) is 13.4. The zero-order valence-electron chi connectivity index (χ0n) is 10.9. The highest BCUT2D eigenvalue weighted by atomic mass is 32.1. The molecule has 1 N–H and O–H groups in total. The number of aromatic nitrogens is 3. The molecule has 2 aromatic heterocycles. The lowest BCUT2D eigenvalue weighted by molar-refractivity contribution is 0.630. The standard InChI is InChI=1S/C13H17N3S2/c1-8(2)4-10-5-12(17)16-11(15-10)6-13-14-9(3)7-18-13/h5,7-8H,4,6H2,1-3H3,(H,15,16,17). The van der Waals surface area contributed by atoms with Gasteiger partial charge in [-0.2, -0.15) is 0 Å². The van der Waals surface area contributed by atoms with E-state index in [9.17, 15) is 0 Å². The Kier molecular flexibility index (Phi) is 4.24. The number of rotatable bonds is 4. The number of H-pyrrole nitrogens is 1. The largest absolute Gasteiger partial charge is 0.347 e. The quantitative estimate of drug-likeness (QED) is 0.868. The summed E-state index contributed by atoms with van der Waals surface area (Å²) in [5, 5.41) is 3.13. The third-order valence-electron chi connectivity index (χ3n) is 2.46. The molecule has 18 heavy (non-hydrogen) atoms. The van der Waals surface area contributed by atoms with Gasteiger partial charge in [0, 0.05) is 16.8 Å². The highest BCUT2D eigenvalue weighted by Gasteiger charge is 2.05. The van der Waals surface area contributed by atoms with Gasteiger partial charge in [0.05, 0.1) is 6.42 Å². The van der Waals surface area contributed by atoms with Gasteiger partial charge in [-0.05, 0) is 25.3 Å². The molecule has 0 radical (unpaired) electrons. The molecule has 0 aromatic carbocycles. The average Bonchev–Trinajstić information content (AvgIpc) is 2.61. The van der Waals surface area contributed by atoms with Crippen LogP contribution >= 0.6 is 23.6 Å². The van der Waals surface area contributed by atoms with Crippen LogP contribution in [0.25, 0.3) is 0 Å². The van der Waals surface area contributed by atoms with Crippen LogP contribution in [0.1, 0.15) is 36.1 Å². The van der Waals surface area contributed by atoms with Gasteiger partial charge in [0.25, 0.3) is 0 Å². The second-order valence-corrected chi connectivity index (χ2v) is 6.21. The van der Waals surface area contributed by atoms with E-state index in [4.69, 9.17) is 12.2 Å². The molecule has 96 valence electrons. The normalized spacial score (nSPS) is 11.1. The molecule has 5 heteroatoms. The van der Waals surface area contributed by atoms with Crippen molar-refractivity contribution in [2.45, 2.75) is 33.6 Å². The third kappa shape index (κ3) is 3.71. The molecule has 2 heterocycles. The fraction of sp³-hybridized carbons (Fsp3) is 0.462. The Hall–Kier alpha value is -1.07. The molecule has 0 bridgehead atoms. The molecule has 0 spiro atoms. The summed E-state index contributed by atoms with van der Waals surface area (Å²) >= 11 is 6.88. The van der Waals surface area contributed by atoms with Crippen LogP contribution in [0, 0.1) is 17.5 Å². The van der Waals surface area contributed by atoms with Gasteiger partial charge in [0.1, 0.15) is 15.5 Å². The first-order valence-corrected chi connectivity index (χ1v) is 7.32. The molecule has 0 fully saturated rings. The molecular weight excluding hydrogens is 262 g/mol. The van der Waals surface area contributed by atoms with E-state index in [0.717, 1.165) is 35.1 Å². The molecule has 0 aliphatic heterocycles. The van der Waals surface area contributed by atoms with Gasteiger partial charge in [-0.15, -0.1) is 11.3 Å². The van der Waals surface area contributed by atoms with Crippen LogP contribution in [0.5, 0.6) is 0 Å². The van der Waals surface area contributed by atoms with Crippen molar-refractivity contribution >= 4 is 23.6 Å². The van der Waals surface area contributed by atoms with Crippen LogP contribution in [0.3, 0.4) is 0 Å². The summed E-state index contributed by atoms with van der Waals surface area (Å²) in [6.45, 7) is 6.40. The van der Waals surface area contributed by atoms with Gasteiger partial charge in [0.2, 0.25) is 0 Å². The van der Waals surface area contributed by atoms with Crippen molar-refractivity contribution in [3.63, 3.8) is 0 Å². The molecule has 0 saturated carbocycles. The fourth-order valence-electron chi connectivity index (χ4n) is 1.82. The molecule has 0 unspecified atom stereocenters. The third-order valence-corrected chi connectivity index (χ3v) is 3.64. The van der Waals surface area contributed by atoms with Crippen LogP contribution in [0.15, 0.2) is 11.4 Å². The van der Waals surface area contributed by atoms with Crippen molar-refractivity contribution in [3.05, 3.63) is 38.3 Å². The number of nitrogens with one attached hydrogen (secondary N) is 1. The van der Waals surface area contributed by atoms with Gasteiger partial charge in [0.15, 0.2) is 0 Å². The second kappa shape index (κ2) is 5.71. The summed E-state index contributed by atoms with van der Waals surface area (Å²) in [7, 11) is 0. The van der Waals surface area contributed by atoms with Crippen molar-refractivity contribution in [2.24, 2.45) is 5.92 Å². The maximum Gasteiger partial charge on any atom is 0.130 e. The zero-order chi connectivity index (χ0) is 13.1. The Morgan fingerprint density at radius 2 is 2.17 bits per heavy atom. The highest BCUT2D eigenvalue weighted by molar-refractivity contribution is 7.71. The Morgan fingerprint density at radius 1 is 1.39 bits per heavy atom. The van der Waals surface area contributed by atoms with Crippen LogP contribution in [0.2, 0.25) is 0 Å². The van der Waals surface area contributed by atoms with Gasteiger partial charge in [-0.1, -0.05) is 26.1 Å². The molecule has 0 atom stereocenters. The first-order valence-electron chi connectivity index (χ1n) is 6.03. The Morgan fingerprint density at radius 3 is 2.78 bits per heavy atom. The van der Waals surface area contributed by atoms with Gasteiger partial charge in [-0.3, -0.25) is 0 Å². The lowest BCUT2D eigenvalue weighted by Gasteiger charge is -2.07. The fourth-order valence-corrected chi connectivity index (χ4v) is 2.85. The number of nitrogens with zero attached hydrogens (tertiary/aromatic N) is 2. The van der Waals surface area contributed by atoms with Crippen molar-refractivity contribution in [1.29, 1.82) is 0 Å². The van der Waals surface area contributed by atoms with E-state index in [-0.39, 0.29) is 0 Å². The number of hydrogen-bond acceptors (Lipinski definition) is 4. The van der Waals surface area contributed by atoms with E-state index in [0.29, 0.717) is 10.6 Å². The number of aryl methyl sites for hydroxylation is 1. The smallest absolute Gasteiger partial charge is 0.130 e. The summed E-state index contributed by atoms with van der Waals surface area (Å²) in [4.78, 5) is 12.2. The monoisotopic (exact) mass is 279 g/mol. The molecular formula is C13H17N3S2. The van der Waals surface area contributed by atoms with Gasteiger partial charge < -0.3 is 4.98 Å². The van der Waals surface area contributed by atoms with Crippen molar-refractivity contribution in [2.75, 3.05) is 0 Å². The Labute approximate surface area is 116 Å². The summed E-state index contributed by atoms with van der Waals surface area (Å²) in [5.41, 5.74) is 2.22. The first-order chi connectivity index (χ1) is 8.52. The van der Waals surface area contributed by atoms with Gasteiger partial charge in [-0.25, -0.2) is 9.97 Å². The predicted octanol–water partition coefficient (Wildman–Crippen LogP) is 3.69. The topological polar surface area (TPSA) is 41.6 Å². The molecule has 2 aromatic rings. The minimum absolute atomic E-state index is 0.605. The van der Waals surface area contributed by atoms with E-state index in [2.05, 4.69) is 34.2 Å². The Bertz CT molecular complexity index is 584. The predicted molar refractivity (Wildman–Crippen MR) is 77.6 cm³/mol. The second-order valence-electron chi connectivity index (χ2n) is 4.85. The molecule has 0 saturated heterocycles. The van der Waals surface area contributed by atoms with Crippen molar-refractivity contribution in [3.8, 4) is 0 Å². The summed E-state index contributed by atoms with van der Waals surface area (Å²) in [6, 6.07) is 1.95. The number of thiazole rings is 1. The summed E-state index contributed by atoms with van der Waals surface area (Å²) < 4.78 is 0.660. The minimum Gasteiger partial charge on any atom is -0.347 e. The molecule has 2 rings (SSSR count). The van der Waals surface area contributed by atoms with Crippen LogP contribution in [0.4, 0.5) is 0 Å². The number of aromatic amines is 1. The summed E-state index contributed by atoms with van der Waals surface area (Å²) in [6.07, 6.45) is 1.73. The zero-order valence-corrected chi connectivity index (χ0v) is 12.5. The SMILES string of the molecule is Cc1csc(Cc2nc(=S)cc(CC(C)C)[nH]2)n1. The maximum absolute atomic E-state index is 5.21. The van der Waals surface area contributed by atoms with Crippen LogP contribution < -0.4 is 0 Å². The molecule has 0 amide bonds. The lowest BCUT2D eigenvalue weighted by Crippen LogP contribution is -2.03. The van der Waals surface area contributed by atoms with Gasteiger partial charge >= 0.3 is 0 Å². The molecule has 0 aliphatic carbocycles. The maximum atomic E-state index is 5.21. The van der Waals surface area contributed by atoms with Crippen molar-refractivity contribution < 1.29 is 0 Å². The van der Waals surface area contributed by atoms with E-state index >= 15 is 0 Å². The summed E-state index contributed by atoms with van der Waals surface area (Å²) in [5.74, 6) is 1.51. The van der Waals surface area contributed by atoms with Crippen molar-refractivity contribution in [1.82, 2.24) is 15.0 Å². The van der Waals surface area contributed by atoms with E-state index in [1.54, 1.807) is 11.3 Å². The number of hydrogen-bond donors (Lipinski definition) is 1. The molecule has 3 nitrogen and oxygen atoms in total. The average molecular weight is 279 g/mol. The highest BCUT2D eigenvalue weighted by Crippen LogP contribution is 2.13. The van der Waals surface area contributed by atoms with E-state index in [1.165, 1.54) is 0 Å². The molecule has 0 aliphatic rings.